The van der Waals surface area contributed by atoms with Crippen LogP contribution < -0.4 is 0 Å². The maximum atomic E-state index is 11.7. The van der Waals surface area contributed by atoms with Gasteiger partial charge in [0, 0.05) is 0 Å². The lowest BCUT2D eigenvalue weighted by atomic mass is 10.3. The van der Waals surface area contributed by atoms with Crippen molar-refractivity contribution in [3.8, 4) is 0 Å². The molecule has 0 spiro atoms. The van der Waals surface area contributed by atoms with Crippen molar-refractivity contribution < 1.29 is 83.0 Å². The molecule has 0 N–H and O–H groups in total. The summed E-state index contributed by atoms with van der Waals surface area (Å²) in [6.07, 6.45) is -17.2. The fourth-order valence-electron chi connectivity index (χ4n) is 0.439. The van der Waals surface area contributed by atoms with Crippen LogP contribution in [-0.2, 0) is 43.5 Å². The summed E-state index contributed by atoms with van der Waals surface area (Å²) in [6.45, 7) is 0. The molecule has 0 aliphatic heterocycles. The van der Waals surface area contributed by atoms with Crippen LogP contribution in [0.5, 0.6) is 0 Å². The molecule has 25 heavy (non-hydrogen) atoms. The van der Waals surface area contributed by atoms with Crippen LogP contribution in [-0.4, -0.2) is 43.8 Å². The molecule has 0 fully saturated rings. The van der Waals surface area contributed by atoms with E-state index in [9.17, 15) is 53.9 Å². The molecule has 0 aliphatic rings. The fourth-order valence-corrected chi connectivity index (χ4v) is 0.439. The van der Waals surface area contributed by atoms with E-state index in [4.69, 9.17) is 0 Å². The monoisotopic (exact) mass is 398 g/mol. The van der Waals surface area contributed by atoms with Gasteiger partial charge in [-0.1, -0.05) is 0 Å². The molecule has 0 heterocycles. The number of halogens is 9. The second kappa shape index (κ2) is 8.20. The number of hydrogen-bond acceptors (Lipinski definition) is 9. The van der Waals surface area contributed by atoms with Crippen LogP contribution in [0, 0.1) is 0 Å². The fraction of sp³-hybridized carbons (Fsp3) is 0.500. The van der Waals surface area contributed by atoms with Gasteiger partial charge >= 0.3 is 43.8 Å². The number of carbonyl (C=O) groups is 3. The van der Waals surface area contributed by atoms with E-state index in [1.54, 1.807) is 0 Å². The number of hydrogen-bond donors (Lipinski definition) is 0. The lowest BCUT2D eigenvalue weighted by Crippen LogP contribution is -2.37. The van der Waals surface area contributed by atoms with Crippen molar-refractivity contribution in [2.24, 2.45) is 0 Å². The first-order chi connectivity index (χ1) is 11.0. The van der Waals surface area contributed by atoms with Gasteiger partial charge in [-0.25, -0.2) is 14.4 Å². The van der Waals surface area contributed by atoms with Gasteiger partial charge in [-0.2, -0.15) is 53.9 Å². The zero-order chi connectivity index (χ0) is 20.1. The minimum atomic E-state index is -5.73. The van der Waals surface area contributed by atoms with Crippen LogP contribution >= 0.6 is 0 Å². The summed E-state index contributed by atoms with van der Waals surface area (Å²) in [5.41, 5.74) is 0. The summed E-state index contributed by atoms with van der Waals surface area (Å²) in [6, 6.07) is 0. The van der Waals surface area contributed by atoms with Gasteiger partial charge in [-0.15, -0.1) is 0 Å². The molecule has 9 nitrogen and oxygen atoms in total. The third kappa shape index (κ3) is 8.95. The third-order valence-electron chi connectivity index (χ3n) is 1.30. The van der Waals surface area contributed by atoms with Crippen molar-refractivity contribution in [2.45, 2.75) is 18.5 Å². The van der Waals surface area contributed by atoms with Gasteiger partial charge in [0.1, 0.15) is 0 Å². The minimum Gasteiger partial charge on any atom is -0.298 e. The summed E-state index contributed by atoms with van der Waals surface area (Å²) >= 11 is 0. The highest BCUT2D eigenvalue weighted by atomic mass is 19.4. The van der Waals surface area contributed by atoms with Crippen molar-refractivity contribution in [3.05, 3.63) is 0 Å². The van der Waals surface area contributed by atoms with E-state index in [0.29, 0.717) is 0 Å². The van der Waals surface area contributed by atoms with Crippen LogP contribution in [0.2, 0.25) is 0 Å². The van der Waals surface area contributed by atoms with Crippen molar-refractivity contribution in [1.29, 1.82) is 0 Å². The molecule has 19 heteroatoms. The minimum absolute atomic E-state index is 2.85. The third-order valence-corrected chi connectivity index (χ3v) is 1.30. The Kier molecular flexibility index (Phi) is 7.46. The molecule has 144 valence electrons. The first-order valence-corrected chi connectivity index (χ1v) is 4.88. The molecule has 0 amide bonds. The summed E-state index contributed by atoms with van der Waals surface area (Å²) in [5.74, 6) is -9.56. The Bertz CT molecular complexity index is 426. The average Bonchev–Trinajstić information content (AvgIpc) is 2.42. The van der Waals surface area contributed by atoms with E-state index in [1.807, 2.05) is 0 Å². The first kappa shape index (κ1) is 22.7. The molecule has 0 radical (unpaired) electrons. The number of carbonyl (C=O) groups excluding carboxylic acids is 3. The largest absolute Gasteiger partial charge is 0.754 e. The van der Waals surface area contributed by atoms with Crippen molar-refractivity contribution >= 4 is 25.2 Å². The van der Waals surface area contributed by atoms with Crippen molar-refractivity contribution in [3.63, 3.8) is 0 Å². The normalized spacial score (nSPS) is 12.4. The second-order valence-corrected chi connectivity index (χ2v) is 3.18. The Labute approximate surface area is 128 Å². The smallest absolute Gasteiger partial charge is 0.298 e. The maximum absolute atomic E-state index is 11.7. The predicted octanol–water partition coefficient (Wildman–Crippen LogP) is 1.08. The van der Waals surface area contributed by atoms with Gasteiger partial charge < -0.3 is 0 Å². The quantitative estimate of drug-likeness (QED) is 0.281. The highest BCUT2D eigenvalue weighted by Crippen LogP contribution is 2.20. The van der Waals surface area contributed by atoms with Crippen LogP contribution in [0.1, 0.15) is 0 Å². The van der Waals surface area contributed by atoms with Crippen molar-refractivity contribution in [1.82, 2.24) is 0 Å². The molecular formula is C6BF9O9. The summed E-state index contributed by atoms with van der Waals surface area (Å²) in [7, 11) is -3.41. The van der Waals surface area contributed by atoms with Crippen LogP contribution in [0.4, 0.5) is 39.5 Å². The van der Waals surface area contributed by atoms with Crippen molar-refractivity contribution in [2.75, 3.05) is 0 Å². The molecule has 0 aromatic heterocycles. The molecule has 0 aromatic carbocycles. The Morgan fingerprint density at radius 1 is 0.520 bits per heavy atom. The van der Waals surface area contributed by atoms with Gasteiger partial charge in [-0.3, -0.25) is 14.7 Å². The number of alkyl halides is 9. The van der Waals surface area contributed by atoms with E-state index >= 15 is 0 Å². The number of rotatable bonds is 6. The highest BCUT2D eigenvalue weighted by molar-refractivity contribution is 6.35. The molecule has 0 saturated heterocycles. The van der Waals surface area contributed by atoms with Crippen LogP contribution in [0.3, 0.4) is 0 Å². The molecule has 0 unspecified atom stereocenters. The molecule has 0 atom stereocenters. The van der Waals surface area contributed by atoms with E-state index < -0.39 is 43.8 Å². The van der Waals surface area contributed by atoms with E-state index in [-0.39, 0.29) is 0 Å². The lowest BCUT2D eigenvalue weighted by molar-refractivity contribution is -0.338. The van der Waals surface area contributed by atoms with E-state index in [2.05, 4.69) is 29.1 Å². The summed E-state index contributed by atoms with van der Waals surface area (Å²) < 4.78 is 106. The van der Waals surface area contributed by atoms with Gasteiger partial charge in [0.2, 0.25) is 0 Å². The molecule has 0 bridgehead atoms. The Hall–Kier alpha value is -2.28. The zero-order valence-corrected chi connectivity index (χ0v) is 10.7. The highest BCUT2D eigenvalue weighted by Gasteiger charge is 2.48. The SMILES string of the molecule is O=C(OOB(OOC(=O)C(F)(F)F)OOC(=O)C(F)(F)F)C(F)(F)F. The molecule has 0 rings (SSSR count). The Morgan fingerprint density at radius 2 is 0.720 bits per heavy atom. The molecule has 0 saturated carbocycles. The van der Waals surface area contributed by atoms with Gasteiger partial charge in [0.15, 0.2) is 0 Å². The summed E-state index contributed by atoms with van der Waals surface area (Å²) in [5, 5.41) is 0. The zero-order valence-electron chi connectivity index (χ0n) is 10.7. The predicted molar refractivity (Wildman–Crippen MR) is 45.4 cm³/mol. The van der Waals surface area contributed by atoms with Gasteiger partial charge in [-0.05, 0) is 0 Å². The lowest BCUT2D eigenvalue weighted by Gasteiger charge is -2.12. The Morgan fingerprint density at radius 3 is 0.880 bits per heavy atom. The van der Waals surface area contributed by atoms with Gasteiger partial charge in [0.25, 0.3) is 0 Å². The summed E-state index contributed by atoms with van der Waals surface area (Å²) in [4.78, 5) is 48.6. The molecular weight excluding hydrogens is 398 g/mol. The van der Waals surface area contributed by atoms with Crippen LogP contribution in [0.15, 0.2) is 0 Å². The van der Waals surface area contributed by atoms with Crippen LogP contribution in [0.25, 0.3) is 0 Å². The average molecular weight is 398 g/mol. The molecule has 0 aliphatic carbocycles. The second-order valence-electron chi connectivity index (χ2n) is 3.18. The first-order valence-electron chi connectivity index (χ1n) is 4.88. The van der Waals surface area contributed by atoms with E-state index in [1.165, 1.54) is 0 Å². The maximum Gasteiger partial charge on any atom is 0.754 e. The molecule has 0 aromatic rings. The topological polar surface area (TPSA) is 107 Å². The Balaban J connectivity index is 4.79. The standard InChI is InChI=1S/C6BF9O9/c8-4(9,10)1(17)20-23-7(24-21-2(18)5(11,12)13)25-22-3(19)6(14,15)16. The van der Waals surface area contributed by atoms with E-state index in [0.717, 1.165) is 0 Å². The van der Waals surface area contributed by atoms with Gasteiger partial charge in [0.05, 0.1) is 0 Å².